The number of amides is 2. The highest BCUT2D eigenvalue weighted by molar-refractivity contribution is 7.10. The number of β-amino-alcohol motifs (C(OH)–C–C–N with tert-alkyl or cyclic N) is 1. The number of rotatable bonds is 2. The Bertz CT molecular complexity index is 761. The molecule has 2 aliphatic rings. The number of hydrogen-bond acceptors (Lipinski definition) is 4. The second-order valence-corrected chi connectivity index (χ2v) is 7.73. The van der Waals surface area contributed by atoms with Crippen molar-refractivity contribution in [3.63, 3.8) is 0 Å². The van der Waals surface area contributed by atoms with E-state index in [1.807, 2.05) is 29.5 Å². The predicted molar refractivity (Wildman–Crippen MR) is 101 cm³/mol. The molecule has 132 valence electrons. The number of carbonyl (C=O) groups excluding carboxylic acids is 1. The van der Waals surface area contributed by atoms with E-state index in [0.717, 1.165) is 43.7 Å². The van der Waals surface area contributed by atoms with Crippen molar-refractivity contribution in [2.75, 3.05) is 29.9 Å². The van der Waals surface area contributed by atoms with Crippen LogP contribution in [0.15, 0.2) is 35.7 Å². The lowest BCUT2D eigenvalue weighted by Gasteiger charge is -2.33. The molecule has 1 unspecified atom stereocenters. The maximum absolute atomic E-state index is 12.6. The van der Waals surface area contributed by atoms with Crippen LogP contribution in [-0.4, -0.2) is 41.8 Å². The molecule has 0 spiro atoms. The van der Waals surface area contributed by atoms with E-state index in [9.17, 15) is 9.90 Å². The van der Waals surface area contributed by atoms with Crippen LogP contribution in [0.4, 0.5) is 16.2 Å². The van der Waals surface area contributed by atoms with Crippen LogP contribution in [-0.2, 0) is 13.0 Å². The molecule has 4 rings (SSSR count). The van der Waals surface area contributed by atoms with Gasteiger partial charge in [-0.05, 0) is 48.4 Å². The summed E-state index contributed by atoms with van der Waals surface area (Å²) in [7, 11) is 0. The van der Waals surface area contributed by atoms with Crippen LogP contribution < -0.4 is 10.2 Å². The Morgan fingerprint density at radius 2 is 2.12 bits per heavy atom. The maximum atomic E-state index is 12.6. The van der Waals surface area contributed by atoms with Gasteiger partial charge in [0.2, 0.25) is 0 Å². The highest BCUT2D eigenvalue weighted by atomic mass is 32.1. The third-order valence-corrected chi connectivity index (χ3v) is 6.00. The van der Waals surface area contributed by atoms with Crippen molar-refractivity contribution < 1.29 is 9.90 Å². The van der Waals surface area contributed by atoms with E-state index >= 15 is 0 Å². The fourth-order valence-electron chi connectivity index (χ4n) is 3.64. The molecule has 2 aromatic rings. The van der Waals surface area contributed by atoms with Crippen molar-refractivity contribution in [3.8, 4) is 0 Å². The second kappa shape index (κ2) is 7.06. The van der Waals surface area contributed by atoms with E-state index in [4.69, 9.17) is 0 Å². The molecular formula is C19H23N3O2S. The lowest BCUT2D eigenvalue weighted by molar-refractivity contribution is 0.0883. The molecule has 1 aromatic heterocycles. The van der Waals surface area contributed by atoms with Crippen LogP contribution in [0.2, 0.25) is 0 Å². The van der Waals surface area contributed by atoms with E-state index < -0.39 is 6.10 Å². The summed E-state index contributed by atoms with van der Waals surface area (Å²) in [6, 6.07) is 10.1. The third kappa shape index (κ3) is 3.50. The van der Waals surface area contributed by atoms with E-state index in [2.05, 4.69) is 27.7 Å². The van der Waals surface area contributed by atoms with Crippen LogP contribution in [0.25, 0.3) is 0 Å². The van der Waals surface area contributed by atoms with Gasteiger partial charge >= 0.3 is 6.03 Å². The molecule has 25 heavy (non-hydrogen) atoms. The number of benzene rings is 1. The molecule has 1 atom stereocenters. The smallest absolute Gasteiger partial charge is 0.321 e. The van der Waals surface area contributed by atoms with Gasteiger partial charge in [0.1, 0.15) is 0 Å². The molecule has 0 saturated carbocycles. The van der Waals surface area contributed by atoms with Gasteiger partial charge in [0.05, 0.1) is 17.5 Å². The number of urea groups is 1. The average molecular weight is 357 g/mol. The van der Waals surface area contributed by atoms with E-state index in [-0.39, 0.29) is 6.03 Å². The molecule has 2 N–H and O–H groups in total. The van der Waals surface area contributed by atoms with Crippen LogP contribution >= 0.6 is 11.3 Å². The predicted octanol–water partition coefficient (Wildman–Crippen LogP) is 3.30. The number of fused-ring (bicyclic) bond motifs is 1. The van der Waals surface area contributed by atoms with Crippen molar-refractivity contribution in [3.05, 3.63) is 46.2 Å². The topological polar surface area (TPSA) is 55.8 Å². The lowest BCUT2D eigenvalue weighted by Crippen LogP contribution is -2.44. The Balaban J connectivity index is 1.50. The average Bonchev–Trinajstić information content (AvgIpc) is 3.10. The Morgan fingerprint density at radius 1 is 1.24 bits per heavy atom. The van der Waals surface area contributed by atoms with Gasteiger partial charge in [0.15, 0.2) is 0 Å². The minimum Gasteiger partial charge on any atom is -0.391 e. The summed E-state index contributed by atoms with van der Waals surface area (Å²) in [5.74, 6) is 0. The molecule has 5 nitrogen and oxygen atoms in total. The number of hydrogen-bond donors (Lipinski definition) is 2. The zero-order valence-electron chi connectivity index (χ0n) is 14.1. The zero-order valence-corrected chi connectivity index (χ0v) is 15.0. The SMILES string of the molecule is O=C(Nc1ccccc1N1CCc2sccc2C1)N1CCCC(O)C1. The standard InChI is InChI=1S/C19H23N3O2S/c23-15-4-3-9-22(13-15)19(24)20-16-5-1-2-6-17(16)21-10-7-18-14(12-21)8-11-25-18/h1-2,5-6,8,11,15,23H,3-4,7,9-10,12-13H2,(H,20,24). The van der Waals surface area contributed by atoms with Crippen molar-refractivity contribution >= 4 is 28.7 Å². The van der Waals surface area contributed by atoms with Crippen LogP contribution in [0.5, 0.6) is 0 Å². The van der Waals surface area contributed by atoms with Gasteiger partial charge in [-0.1, -0.05) is 12.1 Å². The van der Waals surface area contributed by atoms with Crippen molar-refractivity contribution in [1.29, 1.82) is 0 Å². The number of nitrogens with zero attached hydrogens (tertiary/aromatic N) is 2. The normalized spacial score (nSPS) is 20.3. The summed E-state index contributed by atoms with van der Waals surface area (Å²) in [6.07, 6.45) is 2.27. The molecule has 2 amide bonds. The lowest BCUT2D eigenvalue weighted by atomic mass is 10.1. The van der Waals surface area contributed by atoms with E-state index in [1.54, 1.807) is 4.90 Å². The summed E-state index contributed by atoms with van der Waals surface area (Å²) in [5.41, 5.74) is 3.29. The van der Waals surface area contributed by atoms with E-state index in [0.29, 0.717) is 13.1 Å². The van der Waals surface area contributed by atoms with Crippen molar-refractivity contribution in [2.45, 2.75) is 31.9 Å². The van der Waals surface area contributed by atoms with Crippen LogP contribution in [0.3, 0.4) is 0 Å². The fraction of sp³-hybridized carbons (Fsp3) is 0.421. The maximum Gasteiger partial charge on any atom is 0.321 e. The number of thiophene rings is 1. The molecule has 1 aromatic carbocycles. The first-order chi connectivity index (χ1) is 12.2. The number of piperidine rings is 1. The first-order valence-corrected chi connectivity index (χ1v) is 9.72. The molecular weight excluding hydrogens is 334 g/mol. The molecule has 1 fully saturated rings. The van der Waals surface area contributed by atoms with Crippen LogP contribution in [0, 0.1) is 0 Å². The van der Waals surface area contributed by atoms with Gasteiger partial charge in [-0.3, -0.25) is 0 Å². The Labute approximate surface area is 151 Å². The minimum absolute atomic E-state index is 0.126. The molecule has 6 heteroatoms. The number of para-hydroxylation sites is 2. The zero-order chi connectivity index (χ0) is 17.2. The first-order valence-electron chi connectivity index (χ1n) is 8.84. The monoisotopic (exact) mass is 357 g/mol. The van der Waals surface area contributed by atoms with Gasteiger partial charge in [-0.2, -0.15) is 0 Å². The Hall–Kier alpha value is -2.05. The molecule has 0 aliphatic carbocycles. The summed E-state index contributed by atoms with van der Waals surface area (Å²) in [4.78, 5) is 18.1. The molecule has 2 aliphatic heterocycles. The molecule has 1 saturated heterocycles. The highest BCUT2D eigenvalue weighted by Gasteiger charge is 2.24. The van der Waals surface area contributed by atoms with Crippen molar-refractivity contribution in [1.82, 2.24) is 4.90 Å². The first kappa shape index (κ1) is 16.4. The second-order valence-electron chi connectivity index (χ2n) is 6.73. The van der Waals surface area contributed by atoms with Gasteiger partial charge in [-0.15, -0.1) is 11.3 Å². The number of nitrogens with one attached hydrogen (secondary N) is 1. The minimum atomic E-state index is -0.408. The fourth-order valence-corrected chi connectivity index (χ4v) is 4.53. The molecule has 0 radical (unpaired) electrons. The number of aliphatic hydroxyl groups excluding tert-OH is 1. The summed E-state index contributed by atoms with van der Waals surface area (Å²) >= 11 is 1.83. The summed E-state index contributed by atoms with van der Waals surface area (Å²) < 4.78 is 0. The van der Waals surface area contributed by atoms with Gasteiger partial charge in [0, 0.05) is 31.1 Å². The summed E-state index contributed by atoms with van der Waals surface area (Å²) in [6.45, 7) is 2.96. The van der Waals surface area contributed by atoms with Crippen molar-refractivity contribution in [2.24, 2.45) is 0 Å². The van der Waals surface area contributed by atoms with Crippen LogP contribution in [0.1, 0.15) is 23.3 Å². The van der Waals surface area contributed by atoms with E-state index in [1.165, 1.54) is 10.4 Å². The quantitative estimate of drug-likeness (QED) is 0.867. The number of carbonyl (C=O) groups is 1. The highest BCUT2D eigenvalue weighted by Crippen LogP contribution is 2.32. The Morgan fingerprint density at radius 3 is 3.00 bits per heavy atom. The number of anilines is 2. The van der Waals surface area contributed by atoms with Gasteiger partial charge in [0.25, 0.3) is 0 Å². The molecule has 0 bridgehead atoms. The number of likely N-dealkylation sites (tertiary alicyclic amines) is 1. The van der Waals surface area contributed by atoms with Gasteiger partial charge in [-0.25, -0.2) is 4.79 Å². The largest absolute Gasteiger partial charge is 0.391 e. The summed E-state index contributed by atoms with van der Waals surface area (Å²) in [5, 5.41) is 15.0. The Kier molecular flexibility index (Phi) is 4.63. The number of aliphatic hydroxyl groups is 1. The molecule has 3 heterocycles. The van der Waals surface area contributed by atoms with Gasteiger partial charge < -0.3 is 20.2 Å². The third-order valence-electron chi connectivity index (χ3n) is 4.98.